The molecule has 1 aromatic rings. The lowest BCUT2D eigenvalue weighted by atomic mass is 10.0. The largest absolute Gasteiger partial charge is 0.354 e. The van der Waals surface area contributed by atoms with Crippen LogP contribution < -0.4 is 10.6 Å². The first kappa shape index (κ1) is 15.1. The predicted octanol–water partition coefficient (Wildman–Crippen LogP) is 1.36. The van der Waals surface area contributed by atoms with Gasteiger partial charge in [-0.15, -0.1) is 0 Å². The number of pyridine rings is 1. The molecule has 0 unspecified atom stereocenters. The monoisotopic (exact) mass is 263 g/mol. The highest BCUT2D eigenvalue weighted by molar-refractivity contribution is 5.93. The van der Waals surface area contributed by atoms with E-state index in [4.69, 9.17) is 0 Å². The van der Waals surface area contributed by atoms with Crippen molar-refractivity contribution in [2.75, 3.05) is 13.1 Å². The smallest absolute Gasteiger partial charge is 0.251 e. The zero-order valence-electron chi connectivity index (χ0n) is 11.5. The molecular weight excluding hydrogens is 242 g/mol. The van der Waals surface area contributed by atoms with Crippen molar-refractivity contribution in [3.8, 4) is 0 Å². The summed E-state index contributed by atoms with van der Waals surface area (Å²) >= 11 is 0. The second-order valence-corrected chi connectivity index (χ2v) is 4.30. The molecule has 0 bridgehead atoms. The van der Waals surface area contributed by atoms with Crippen LogP contribution in [0.1, 0.15) is 37.0 Å². The molecule has 5 heteroatoms. The van der Waals surface area contributed by atoms with E-state index in [0.29, 0.717) is 18.7 Å². The molecule has 1 aromatic heterocycles. The molecule has 2 amide bonds. The van der Waals surface area contributed by atoms with Crippen LogP contribution in [-0.4, -0.2) is 29.9 Å². The molecular formula is C14H21N3O2. The molecule has 1 heterocycles. The Morgan fingerprint density at radius 1 is 1.11 bits per heavy atom. The third-order valence-electron chi connectivity index (χ3n) is 3.01. The SMILES string of the molecule is CCC(CC)C(=O)NCCNC(=O)c1ccncc1. The summed E-state index contributed by atoms with van der Waals surface area (Å²) in [6.07, 6.45) is 4.82. The average molecular weight is 263 g/mol. The molecule has 5 nitrogen and oxygen atoms in total. The maximum Gasteiger partial charge on any atom is 0.251 e. The van der Waals surface area contributed by atoms with E-state index >= 15 is 0 Å². The van der Waals surface area contributed by atoms with Gasteiger partial charge in [0.05, 0.1) is 0 Å². The number of rotatable bonds is 7. The molecule has 0 aromatic carbocycles. The number of carbonyl (C=O) groups excluding carboxylic acids is 2. The van der Waals surface area contributed by atoms with Gasteiger partial charge >= 0.3 is 0 Å². The maximum absolute atomic E-state index is 11.7. The van der Waals surface area contributed by atoms with Crippen molar-refractivity contribution in [1.29, 1.82) is 0 Å². The van der Waals surface area contributed by atoms with E-state index in [1.165, 1.54) is 0 Å². The highest BCUT2D eigenvalue weighted by Gasteiger charge is 2.13. The number of amides is 2. The van der Waals surface area contributed by atoms with Crippen molar-refractivity contribution in [2.45, 2.75) is 26.7 Å². The van der Waals surface area contributed by atoms with Crippen LogP contribution in [0.3, 0.4) is 0 Å². The standard InChI is InChI=1S/C14H21N3O2/c1-3-11(4-2)13(18)16-9-10-17-14(19)12-5-7-15-8-6-12/h5-8,11H,3-4,9-10H2,1-2H3,(H,16,18)(H,17,19). The Morgan fingerprint density at radius 3 is 2.26 bits per heavy atom. The van der Waals surface area contributed by atoms with Gasteiger partial charge in [0.2, 0.25) is 5.91 Å². The highest BCUT2D eigenvalue weighted by Crippen LogP contribution is 2.06. The molecule has 0 atom stereocenters. The molecule has 0 spiro atoms. The fourth-order valence-corrected chi connectivity index (χ4v) is 1.77. The molecule has 0 aliphatic rings. The van der Waals surface area contributed by atoms with Crippen LogP contribution in [0, 0.1) is 5.92 Å². The minimum atomic E-state index is -0.154. The molecule has 0 aliphatic carbocycles. The number of aromatic nitrogens is 1. The number of hydrogen-bond acceptors (Lipinski definition) is 3. The van der Waals surface area contributed by atoms with E-state index in [1.54, 1.807) is 24.5 Å². The average Bonchev–Trinajstić information content (AvgIpc) is 2.45. The summed E-state index contributed by atoms with van der Waals surface area (Å²) in [6.45, 7) is 4.87. The van der Waals surface area contributed by atoms with Crippen molar-refractivity contribution in [1.82, 2.24) is 15.6 Å². The molecule has 1 rings (SSSR count). The lowest BCUT2D eigenvalue weighted by Gasteiger charge is -2.12. The van der Waals surface area contributed by atoms with Crippen LogP contribution in [0.5, 0.6) is 0 Å². The van der Waals surface area contributed by atoms with Crippen molar-refractivity contribution in [2.24, 2.45) is 5.92 Å². The third kappa shape index (κ3) is 5.07. The predicted molar refractivity (Wildman–Crippen MR) is 73.7 cm³/mol. The second kappa shape index (κ2) is 8.24. The number of carbonyl (C=O) groups is 2. The summed E-state index contributed by atoms with van der Waals surface area (Å²) in [6, 6.07) is 3.30. The Balaban J connectivity index is 2.24. The van der Waals surface area contributed by atoms with Gasteiger partial charge in [-0.3, -0.25) is 14.6 Å². The Hall–Kier alpha value is -1.91. The summed E-state index contributed by atoms with van der Waals surface area (Å²) < 4.78 is 0. The van der Waals surface area contributed by atoms with Gasteiger partial charge in [0, 0.05) is 37.0 Å². The van der Waals surface area contributed by atoms with Gasteiger partial charge in [0.25, 0.3) is 5.91 Å². The zero-order chi connectivity index (χ0) is 14.1. The van der Waals surface area contributed by atoms with Gasteiger partial charge in [0.15, 0.2) is 0 Å². The van der Waals surface area contributed by atoms with E-state index in [1.807, 2.05) is 13.8 Å². The zero-order valence-corrected chi connectivity index (χ0v) is 11.5. The van der Waals surface area contributed by atoms with E-state index in [9.17, 15) is 9.59 Å². The minimum Gasteiger partial charge on any atom is -0.354 e. The molecule has 0 aliphatic heterocycles. The molecule has 19 heavy (non-hydrogen) atoms. The van der Waals surface area contributed by atoms with Crippen molar-refractivity contribution in [3.63, 3.8) is 0 Å². The Kier molecular flexibility index (Phi) is 6.57. The van der Waals surface area contributed by atoms with Gasteiger partial charge in [-0.2, -0.15) is 0 Å². The first-order valence-electron chi connectivity index (χ1n) is 6.65. The fourth-order valence-electron chi connectivity index (χ4n) is 1.77. The van der Waals surface area contributed by atoms with Crippen molar-refractivity contribution >= 4 is 11.8 Å². The van der Waals surface area contributed by atoms with Crippen molar-refractivity contribution < 1.29 is 9.59 Å². The van der Waals surface area contributed by atoms with Crippen LogP contribution in [-0.2, 0) is 4.79 Å². The number of nitrogens with zero attached hydrogens (tertiary/aromatic N) is 1. The summed E-state index contributed by atoms with van der Waals surface area (Å²) in [5.74, 6) is -0.0294. The third-order valence-corrected chi connectivity index (χ3v) is 3.01. The summed E-state index contributed by atoms with van der Waals surface area (Å²) in [5, 5.41) is 5.57. The van der Waals surface area contributed by atoms with Gasteiger partial charge in [-0.1, -0.05) is 13.8 Å². The van der Waals surface area contributed by atoms with Gasteiger partial charge in [0.1, 0.15) is 0 Å². The fraction of sp³-hybridized carbons (Fsp3) is 0.500. The van der Waals surface area contributed by atoms with E-state index in [2.05, 4.69) is 15.6 Å². The first-order valence-corrected chi connectivity index (χ1v) is 6.65. The van der Waals surface area contributed by atoms with E-state index in [-0.39, 0.29) is 17.7 Å². The molecule has 0 fully saturated rings. The summed E-state index contributed by atoms with van der Waals surface area (Å²) in [5.41, 5.74) is 0.571. The van der Waals surface area contributed by atoms with E-state index < -0.39 is 0 Å². The Bertz CT molecular complexity index is 402. The van der Waals surface area contributed by atoms with Gasteiger partial charge < -0.3 is 10.6 Å². The Labute approximate surface area is 113 Å². The number of hydrogen-bond donors (Lipinski definition) is 2. The summed E-state index contributed by atoms with van der Waals surface area (Å²) in [4.78, 5) is 27.2. The lowest BCUT2D eigenvalue weighted by Crippen LogP contribution is -2.37. The topological polar surface area (TPSA) is 71.1 Å². The quantitative estimate of drug-likeness (QED) is 0.730. The van der Waals surface area contributed by atoms with Gasteiger partial charge in [-0.25, -0.2) is 0 Å². The molecule has 0 radical (unpaired) electrons. The molecule has 0 saturated carbocycles. The normalized spacial score (nSPS) is 10.3. The minimum absolute atomic E-state index is 0.0585. The van der Waals surface area contributed by atoms with Crippen LogP contribution in [0.2, 0.25) is 0 Å². The van der Waals surface area contributed by atoms with Crippen LogP contribution in [0.4, 0.5) is 0 Å². The van der Waals surface area contributed by atoms with Gasteiger partial charge in [-0.05, 0) is 25.0 Å². The number of nitrogens with one attached hydrogen (secondary N) is 2. The molecule has 0 saturated heterocycles. The maximum atomic E-state index is 11.7. The summed E-state index contributed by atoms with van der Waals surface area (Å²) in [7, 11) is 0. The van der Waals surface area contributed by atoms with Crippen LogP contribution in [0.25, 0.3) is 0 Å². The highest BCUT2D eigenvalue weighted by atomic mass is 16.2. The second-order valence-electron chi connectivity index (χ2n) is 4.30. The van der Waals surface area contributed by atoms with Crippen molar-refractivity contribution in [3.05, 3.63) is 30.1 Å². The Morgan fingerprint density at radius 2 is 1.68 bits per heavy atom. The lowest BCUT2D eigenvalue weighted by molar-refractivity contribution is -0.125. The van der Waals surface area contributed by atoms with Crippen LogP contribution >= 0.6 is 0 Å². The van der Waals surface area contributed by atoms with Crippen LogP contribution in [0.15, 0.2) is 24.5 Å². The molecule has 104 valence electrons. The first-order chi connectivity index (χ1) is 9.19. The molecule has 2 N–H and O–H groups in total. The van der Waals surface area contributed by atoms with E-state index in [0.717, 1.165) is 12.8 Å².